The van der Waals surface area contributed by atoms with E-state index in [9.17, 15) is 10.1 Å². The molecule has 1 heterocycles. The molecule has 2 rings (SSSR count). The van der Waals surface area contributed by atoms with Gasteiger partial charge in [-0.15, -0.1) is 0 Å². The monoisotopic (exact) mass is 268 g/mol. The van der Waals surface area contributed by atoms with Crippen molar-refractivity contribution in [1.29, 1.82) is 5.26 Å². The van der Waals surface area contributed by atoms with Crippen LogP contribution in [-0.4, -0.2) is 5.78 Å². The number of ether oxygens (including phenoxy) is 1. The van der Waals surface area contributed by atoms with E-state index < -0.39 is 5.92 Å². The van der Waals surface area contributed by atoms with Gasteiger partial charge in [-0.2, -0.15) is 5.26 Å². The standard InChI is InChI=1S/C16H16N2O2/c1-9-5-4-6-12(7-9)15-13(8-17)16(18)20-11(3)14(15)10(2)19/h4-7,15H,18H2,1-3H3/t15-/m0/s1. The molecule has 1 aliphatic rings. The number of aryl methyl sites for hydroxylation is 1. The predicted molar refractivity (Wildman–Crippen MR) is 75.2 cm³/mol. The van der Waals surface area contributed by atoms with Gasteiger partial charge in [0.15, 0.2) is 5.78 Å². The zero-order valence-corrected chi connectivity index (χ0v) is 11.7. The summed E-state index contributed by atoms with van der Waals surface area (Å²) in [5, 5.41) is 9.35. The van der Waals surface area contributed by atoms with Crippen molar-refractivity contribution in [2.45, 2.75) is 26.7 Å². The van der Waals surface area contributed by atoms with E-state index in [0.717, 1.165) is 11.1 Å². The molecule has 4 heteroatoms. The number of carbonyl (C=O) groups is 1. The van der Waals surface area contributed by atoms with E-state index >= 15 is 0 Å². The molecule has 20 heavy (non-hydrogen) atoms. The van der Waals surface area contributed by atoms with Gasteiger partial charge in [0.25, 0.3) is 0 Å². The Kier molecular flexibility index (Phi) is 3.62. The Hall–Kier alpha value is -2.54. The number of hydrogen-bond donors (Lipinski definition) is 1. The molecule has 0 aliphatic carbocycles. The van der Waals surface area contributed by atoms with Crippen LogP contribution in [0.4, 0.5) is 0 Å². The lowest BCUT2D eigenvalue weighted by Gasteiger charge is -2.26. The van der Waals surface area contributed by atoms with Crippen LogP contribution in [0.1, 0.15) is 30.9 Å². The number of nitrogens with zero attached hydrogens (tertiary/aromatic N) is 1. The lowest BCUT2D eigenvalue weighted by molar-refractivity contribution is -0.114. The van der Waals surface area contributed by atoms with Gasteiger partial charge in [-0.3, -0.25) is 4.79 Å². The van der Waals surface area contributed by atoms with Gasteiger partial charge in [-0.25, -0.2) is 0 Å². The molecule has 0 unspecified atom stereocenters. The van der Waals surface area contributed by atoms with Gasteiger partial charge in [-0.1, -0.05) is 29.8 Å². The minimum Gasteiger partial charge on any atom is -0.445 e. The largest absolute Gasteiger partial charge is 0.445 e. The molecule has 2 N–H and O–H groups in total. The van der Waals surface area contributed by atoms with Crippen molar-refractivity contribution in [2.24, 2.45) is 5.73 Å². The first kappa shape index (κ1) is 13.9. The van der Waals surface area contributed by atoms with Crippen molar-refractivity contribution in [2.75, 3.05) is 0 Å². The Morgan fingerprint density at radius 1 is 1.40 bits per heavy atom. The van der Waals surface area contributed by atoms with E-state index in [-0.39, 0.29) is 17.2 Å². The topological polar surface area (TPSA) is 76.1 Å². The summed E-state index contributed by atoms with van der Waals surface area (Å²) in [4.78, 5) is 11.9. The van der Waals surface area contributed by atoms with Gasteiger partial charge in [-0.05, 0) is 26.3 Å². The van der Waals surface area contributed by atoms with Crippen LogP contribution in [0.5, 0.6) is 0 Å². The summed E-state index contributed by atoms with van der Waals surface area (Å²) < 4.78 is 5.34. The summed E-state index contributed by atoms with van der Waals surface area (Å²) in [5.74, 6) is -0.0394. The van der Waals surface area contributed by atoms with Gasteiger partial charge in [0.1, 0.15) is 17.4 Å². The fourth-order valence-electron chi connectivity index (χ4n) is 2.52. The molecule has 0 saturated heterocycles. The first-order valence-electron chi connectivity index (χ1n) is 6.31. The first-order chi connectivity index (χ1) is 9.45. The van der Waals surface area contributed by atoms with Crippen molar-refractivity contribution >= 4 is 5.78 Å². The normalized spacial score (nSPS) is 18.6. The van der Waals surface area contributed by atoms with Crippen LogP contribution in [0.2, 0.25) is 0 Å². The Morgan fingerprint density at radius 2 is 2.10 bits per heavy atom. The Labute approximate surface area is 118 Å². The van der Waals surface area contributed by atoms with Crippen LogP contribution in [0.15, 0.2) is 47.1 Å². The van der Waals surface area contributed by atoms with Crippen LogP contribution in [0.3, 0.4) is 0 Å². The smallest absolute Gasteiger partial charge is 0.205 e. The second-order valence-electron chi connectivity index (χ2n) is 4.86. The van der Waals surface area contributed by atoms with Crippen LogP contribution in [0.25, 0.3) is 0 Å². The highest BCUT2D eigenvalue weighted by Crippen LogP contribution is 2.39. The van der Waals surface area contributed by atoms with E-state index in [1.807, 2.05) is 31.2 Å². The average molecular weight is 268 g/mol. The first-order valence-corrected chi connectivity index (χ1v) is 6.31. The van der Waals surface area contributed by atoms with Crippen LogP contribution in [-0.2, 0) is 9.53 Å². The van der Waals surface area contributed by atoms with E-state index in [1.165, 1.54) is 6.92 Å². The SMILES string of the molecule is CC(=O)C1=C(C)OC(N)=C(C#N)[C@@H]1c1cccc(C)c1. The van der Waals surface area contributed by atoms with Crippen molar-refractivity contribution in [3.8, 4) is 6.07 Å². The van der Waals surface area contributed by atoms with Gasteiger partial charge < -0.3 is 10.5 Å². The summed E-state index contributed by atoms with van der Waals surface area (Å²) in [6, 6.07) is 9.78. The third-order valence-electron chi connectivity index (χ3n) is 3.36. The molecule has 0 bridgehead atoms. The quantitative estimate of drug-likeness (QED) is 0.894. The minimum atomic E-state index is -0.453. The maximum atomic E-state index is 11.9. The fraction of sp³-hybridized carbons (Fsp3) is 0.250. The predicted octanol–water partition coefficient (Wildman–Crippen LogP) is 2.67. The molecule has 0 radical (unpaired) electrons. The maximum absolute atomic E-state index is 11.9. The number of hydrogen-bond acceptors (Lipinski definition) is 4. The Balaban J connectivity index is 2.67. The number of allylic oxidation sites excluding steroid dienone is 3. The van der Waals surface area contributed by atoms with Crippen molar-refractivity contribution in [1.82, 2.24) is 0 Å². The molecule has 1 aromatic carbocycles. The van der Waals surface area contributed by atoms with Crippen LogP contribution < -0.4 is 5.73 Å². The Morgan fingerprint density at radius 3 is 2.65 bits per heavy atom. The molecule has 0 spiro atoms. The average Bonchev–Trinajstić information content (AvgIpc) is 2.37. The van der Waals surface area contributed by atoms with Crippen molar-refractivity contribution < 1.29 is 9.53 Å². The molecular formula is C16H16N2O2. The van der Waals surface area contributed by atoms with Gasteiger partial charge in [0.2, 0.25) is 5.88 Å². The lowest BCUT2D eigenvalue weighted by Crippen LogP contribution is -2.23. The number of rotatable bonds is 2. The molecule has 102 valence electrons. The molecule has 4 nitrogen and oxygen atoms in total. The third-order valence-corrected chi connectivity index (χ3v) is 3.36. The second kappa shape index (κ2) is 5.22. The number of ketones is 1. The minimum absolute atomic E-state index is 0.0708. The van der Waals surface area contributed by atoms with E-state index in [4.69, 9.17) is 10.5 Å². The summed E-state index contributed by atoms with van der Waals surface area (Å²) in [7, 11) is 0. The highest BCUT2D eigenvalue weighted by atomic mass is 16.5. The molecule has 1 aliphatic heterocycles. The molecular weight excluding hydrogens is 252 g/mol. The summed E-state index contributed by atoms with van der Waals surface area (Å²) in [5.41, 5.74) is 8.50. The van der Waals surface area contributed by atoms with E-state index in [2.05, 4.69) is 6.07 Å². The van der Waals surface area contributed by atoms with E-state index in [1.54, 1.807) is 6.92 Å². The summed E-state index contributed by atoms with van der Waals surface area (Å²) >= 11 is 0. The highest BCUT2D eigenvalue weighted by Gasteiger charge is 2.33. The molecule has 0 saturated carbocycles. The number of Topliss-reactive ketones (excluding diaryl/α,β-unsaturated/α-hetero) is 1. The van der Waals surface area contributed by atoms with Crippen LogP contribution in [0, 0.1) is 18.3 Å². The van der Waals surface area contributed by atoms with Crippen LogP contribution >= 0.6 is 0 Å². The highest BCUT2D eigenvalue weighted by molar-refractivity contribution is 5.96. The number of carbonyl (C=O) groups excluding carboxylic acids is 1. The van der Waals surface area contributed by atoms with Gasteiger partial charge in [0.05, 0.1) is 5.92 Å². The van der Waals surface area contributed by atoms with Gasteiger partial charge in [0, 0.05) is 5.57 Å². The lowest BCUT2D eigenvalue weighted by atomic mass is 9.81. The van der Waals surface area contributed by atoms with Crippen molar-refractivity contribution in [3.63, 3.8) is 0 Å². The summed E-state index contributed by atoms with van der Waals surface area (Å²) in [6.45, 7) is 5.13. The molecule has 0 fully saturated rings. The summed E-state index contributed by atoms with van der Waals surface area (Å²) in [6.07, 6.45) is 0. The second-order valence-corrected chi connectivity index (χ2v) is 4.86. The fourth-order valence-corrected chi connectivity index (χ4v) is 2.52. The van der Waals surface area contributed by atoms with E-state index in [0.29, 0.717) is 11.3 Å². The number of nitriles is 1. The molecule has 0 aromatic heterocycles. The zero-order valence-electron chi connectivity index (χ0n) is 11.7. The molecule has 1 atom stereocenters. The Bertz CT molecular complexity index is 678. The third kappa shape index (κ3) is 2.30. The molecule has 1 aromatic rings. The maximum Gasteiger partial charge on any atom is 0.205 e. The zero-order chi connectivity index (χ0) is 14.9. The molecule has 0 amide bonds. The van der Waals surface area contributed by atoms with Crippen molar-refractivity contribution in [3.05, 3.63) is 58.2 Å². The number of nitrogens with two attached hydrogens (primary N) is 1. The number of benzene rings is 1. The van der Waals surface area contributed by atoms with Gasteiger partial charge >= 0.3 is 0 Å².